The first kappa shape index (κ1) is 10.2. The van der Waals surface area contributed by atoms with E-state index in [0.717, 1.165) is 32.0 Å². The summed E-state index contributed by atoms with van der Waals surface area (Å²) in [5.41, 5.74) is 0. The molecule has 0 aromatic rings. The zero-order valence-corrected chi connectivity index (χ0v) is 7.99. The van der Waals surface area contributed by atoms with Gasteiger partial charge in [-0.25, -0.2) is 0 Å². The van der Waals surface area contributed by atoms with Gasteiger partial charge in [-0.15, -0.1) is 0 Å². The Morgan fingerprint density at radius 2 is 2.08 bits per heavy atom. The molecule has 13 heavy (non-hydrogen) atoms. The molecule has 0 saturated heterocycles. The van der Waals surface area contributed by atoms with Crippen molar-refractivity contribution in [1.29, 1.82) is 0 Å². The van der Waals surface area contributed by atoms with Crippen LogP contribution in [0.4, 0.5) is 0 Å². The topological polar surface area (TPSA) is 43.4 Å². The van der Waals surface area contributed by atoms with Crippen LogP contribution < -0.4 is 0 Å². The minimum Gasteiger partial charge on any atom is -0.469 e. The van der Waals surface area contributed by atoms with Crippen molar-refractivity contribution >= 4 is 12.3 Å². The average Bonchev–Trinajstić information content (AvgIpc) is 2.41. The number of ether oxygens (including phenoxy) is 1. The molecule has 1 fully saturated rings. The number of aldehydes is 1. The molecule has 1 aliphatic carbocycles. The minimum atomic E-state index is -0.159. The number of hydrogen-bond acceptors (Lipinski definition) is 3. The fourth-order valence-corrected chi connectivity index (χ4v) is 1.90. The van der Waals surface area contributed by atoms with E-state index in [1.54, 1.807) is 0 Å². The fourth-order valence-electron chi connectivity index (χ4n) is 1.90. The summed E-state index contributed by atoms with van der Waals surface area (Å²) in [7, 11) is 1.41. The Hall–Kier alpha value is -0.860. The predicted octanol–water partition coefficient (Wildman–Crippen LogP) is 1.55. The first-order chi connectivity index (χ1) is 6.27. The molecule has 0 aromatic heterocycles. The van der Waals surface area contributed by atoms with Crippen LogP contribution in [0.3, 0.4) is 0 Å². The lowest BCUT2D eigenvalue weighted by Crippen LogP contribution is -2.18. The summed E-state index contributed by atoms with van der Waals surface area (Å²) < 4.78 is 4.68. The van der Waals surface area contributed by atoms with Gasteiger partial charge in [-0.05, 0) is 19.3 Å². The second-order valence-electron chi connectivity index (χ2n) is 3.64. The standard InChI is InChI=1S/C10H16O3/c1-13-10(12)9-5-3-2-4-8(6-9)7-11/h7-9H,2-6H2,1H3. The number of carbonyl (C=O) groups is 2. The molecule has 0 spiro atoms. The second kappa shape index (κ2) is 5.00. The Morgan fingerprint density at radius 1 is 1.38 bits per heavy atom. The van der Waals surface area contributed by atoms with Crippen molar-refractivity contribution in [2.24, 2.45) is 11.8 Å². The molecule has 2 unspecified atom stereocenters. The second-order valence-corrected chi connectivity index (χ2v) is 3.64. The smallest absolute Gasteiger partial charge is 0.308 e. The molecule has 0 aromatic carbocycles. The van der Waals surface area contributed by atoms with Crippen LogP contribution in [-0.2, 0) is 14.3 Å². The van der Waals surface area contributed by atoms with Crippen molar-refractivity contribution in [2.45, 2.75) is 32.1 Å². The maximum atomic E-state index is 11.2. The third kappa shape index (κ3) is 2.83. The van der Waals surface area contributed by atoms with E-state index in [-0.39, 0.29) is 17.8 Å². The maximum absolute atomic E-state index is 11.2. The summed E-state index contributed by atoms with van der Waals surface area (Å²) in [5.74, 6) is -0.150. The van der Waals surface area contributed by atoms with Crippen molar-refractivity contribution in [3.63, 3.8) is 0 Å². The highest BCUT2D eigenvalue weighted by Crippen LogP contribution is 2.27. The first-order valence-corrected chi connectivity index (χ1v) is 4.81. The van der Waals surface area contributed by atoms with Crippen LogP contribution in [0.25, 0.3) is 0 Å². The predicted molar refractivity (Wildman–Crippen MR) is 48.1 cm³/mol. The van der Waals surface area contributed by atoms with Crippen LogP contribution in [0.1, 0.15) is 32.1 Å². The van der Waals surface area contributed by atoms with Crippen molar-refractivity contribution < 1.29 is 14.3 Å². The Balaban J connectivity index is 2.53. The van der Waals surface area contributed by atoms with Gasteiger partial charge >= 0.3 is 5.97 Å². The van der Waals surface area contributed by atoms with Gasteiger partial charge in [-0.2, -0.15) is 0 Å². The summed E-state index contributed by atoms with van der Waals surface area (Å²) in [6.45, 7) is 0. The zero-order valence-electron chi connectivity index (χ0n) is 7.99. The highest BCUT2D eigenvalue weighted by Gasteiger charge is 2.25. The van der Waals surface area contributed by atoms with Gasteiger partial charge in [0.05, 0.1) is 13.0 Å². The van der Waals surface area contributed by atoms with Crippen molar-refractivity contribution in [3.8, 4) is 0 Å². The highest BCUT2D eigenvalue weighted by atomic mass is 16.5. The summed E-state index contributed by atoms with van der Waals surface area (Å²) in [4.78, 5) is 21.9. The SMILES string of the molecule is COC(=O)C1CCCCC(C=O)C1. The van der Waals surface area contributed by atoms with Crippen LogP contribution in [0.2, 0.25) is 0 Å². The highest BCUT2D eigenvalue weighted by molar-refractivity contribution is 5.72. The van der Waals surface area contributed by atoms with Crippen molar-refractivity contribution in [1.82, 2.24) is 0 Å². The lowest BCUT2D eigenvalue weighted by atomic mass is 9.94. The maximum Gasteiger partial charge on any atom is 0.308 e. The molecule has 0 bridgehead atoms. The molecule has 1 rings (SSSR count). The van der Waals surface area contributed by atoms with Crippen molar-refractivity contribution in [3.05, 3.63) is 0 Å². The van der Waals surface area contributed by atoms with E-state index in [4.69, 9.17) is 0 Å². The Bertz CT molecular complexity index is 189. The van der Waals surface area contributed by atoms with Gasteiger partial charge in [0.2, 0.25) is 0 Å². The normalized spacial score (nSPS) is 29.0. The number of rotatable bonds is 2. The van der Waals surface area contributed by atoms with Gasteiger partial charge in [0.1, 0.15) is 6.29 Å². The Kier molecular flexibility index (Phi) is 3.93. The van der Waals surface area contributed by atoms with Gasteiger partial charge in [0.15, 0.2) is 0 Å². The molecule has 0 heterocycles. The van der Waals surface area contributed by atoms with Gasteiger partial charge in [-0.3, -0.25) is 4.79 Å². The van der Waals surface area contributed by atoms with Gasteiger partial charge < -0.3 is 9.53 Å². The number of esters is 1. The average molecular weight is 184 g/mol. The Morgan fingerprint density at radius 3 is 2.69 bits per heavy atom. The van der Waals surface area contributed by atoms with Gasteiger partial charge in [-0.1, -0.05) is 12.8 Å². The quantitative estimate of drug-likeness (QED) is 0.371. The molecular weight excluding hydrogens is 168 g/mol. The van der Waals surface area contributed by atoms with E-state index in [2.05, 4.69) is 4.74 Å². The third-order valence-corrected chi connectivity index (χ3v) is 2.69. The molecule has 0 amide bonds. The summed E-state index contributed by atoms with van der Waals surface area (Å²) in [6, 6.07) is 0. The molecule has 1 aliphatic rings. The summed E-state index contributed by atoms with van der Waals surface area (Å²) in [6.07, 6.45) is 5.53. The molecule has 2 atom stereocenters. The molecule has 0 N–H and O–H groups in total. The zero-order chi connectivity index (χ0) is 9.68. The lowest BCUT2D eigenvalue weighted by Gasteiger charge is -2.13. The minimum absolute atomic E-state index is 0.0531. The molecule has 3 heteroatoms. The molecule has 74 valence electrons. The number of methoxy groups -OCH3 is 1. The van der Waals surface area contributed by atoms with E-state index < -0.39 is 0 Å². The summed E-state index contributed by atoms with van der Waals surface area (Å²) in [5, 5.41) is 0. The van der Waals surface area contributed by atoms with Crippen LogP contribution in [0, 0.1) is 11.8 Å². The third-order valence-electron chi connectivity index (χ3n) is 2.69. The lowest BCUT2D eigenvalue weighted by molar-refractivity contribution is -0.146. The molecule has 1 saturated carbocycles. The molecule has 0 radical (unpaired) electrons. The van der Waals surface area contributed by atoms with Crippen molar-refractivity contribution in [2.75, 3.05) is 7.11 Å². The van der Waals surface area contributed by atoms with Gasteiger partial charge in [0.25, 0.3) is 0 Å². The van der Waals surface area contributed by atoms with E-state index in [1.807, 2.05) is 0 Å². The van der Waals surface area contributed by atoms with Crippen LogP contribution >= 0.6 is 0 Å². The first-order valence-electron chi connectivity index (χ1n) is 4.81. The molecular formula is C10H16O3. The number of hydrogen-bond donors (Lipinski definition) is 0. The molecule has 3 nitrogen and oxygen atoms in total. The molecule has 0 aliphatic heterocycles. The van der Waals surface area contributed by atoms with Crippen LogP contribution in [0.15, 0.2) is 0 Å². The van der Waals surface area contributed by atoms with Gasteiger partial charge in [0, 0.05) is 5.92 Å². The van der Waals surface area contributed by atoms with E-state index in [1.165, 1.54) is 7.11 Å². The summed E-state index contributed by atoms with van der Waals surface area (Å²) >= 11 is 0. The van der Waals surface area contributed by atoms with E-state index >= 15 is 0 Å². The van der Waals surface area contributed by atoms with E-state index in [0.29, 0.717) is 6.42 Å². The van der Waals surface area contributed by atoms with Crippen LogP contribution in [0.5, 0.6) is 0 Å². The monoisotopic (exact) mass is 184 g/mol. The number of carbonyl (C=O) groups excluding carboxylic acids is 2. The Labute approximate surface area is 78.5 Å². The largest absolute Gasteiger partial charge is 0.469 e. The fraction of sp³-hybridized carbons (Fsp3) is 0.800. The van der Waals surface area contributed by atoms with Crippen LogP contribution in [-0.4, -0.2) is 19.4 Å². The van der Waals surface area contributed by atoms with E-state index in [9.17, 15) is 9.59 Å².